The number of hydrogen-bond acceptors (Lipinski definition) is 4. The van der Waals surface area contributed by atoms with Gasteiger partial charge in [0.25, 0.3) is 0 Å². The molecule has 0 radical (unpaired) electrons. The second kappa shape index (κ2) is 8.99. The van der Waals surface area contributed by atoms with Gasteiger partial charge in [-0.3, -0.25) is 4.79 Å². The molecule has 1 atom stereocenters. The van der Waals surface area contributed by atoms with Crippen LogP contribution in [0.3, 0.4) is 0 Å². The monoisotopic (exact) mass is 321 g/mol. The number of benzene rings is 1. The number of rotatable bonds is 8. The van der Waals surface area contributed by atoms with Crippen molar-refractivity contribution in [3.05, 3.63) is 23.8 Å². The van der Waals surface area contributed by atoms with Crippen molar-refractivity contribution in [3.8, 4) is 0 Å². The Morgan fingerprint density at radius 1 is 1.22 bits per heavy atom. The van der Waals surface area contributed by atoms with Crippen molar-refractivity contribution in [1.82, 2.24) is 10.6 Å². The highest BCUT2D eigenvalue weighted by Gasteiger charge is 2.22. The van der Waals surface area contributed by atoms with Gasteiger partial charge in [0.2, 0.25) is 5.91 Å². The summed E-state index contributed by atoms with van der Waals surface area (Å²) in [5.41, 5.74) is 7.85. The van der Waals surface area contributed by atoms with Crippen LogP contribution in [-0.4, -0.2) is 38.1 Å². The molecule has 1 aromatic carbocycles. The van der Waals surface area contributed by atoms with E-state index < -0.39 is 18.0 Å². The van der Waals surface area contributed by atoms with Crippen LogP contribution in [-0.2, 0) is 4.79 Å². The van der Waals surface area contributed by atoms with Gasteiger partial charge in [-0.1, -0.05) is 26.0 Å². The van der Waals surface area contributed by atoms with E-state index in [0.717, 1.165) is 24.3 Å². The quantitative estimate of drug-likeness (QED) is 0.464. The maximum atomic E-state index is 12.2. The predicted molar refractivity (Wildman–Crippen MR) is 93.6 cm³/mol. The first-order valence-corrected chi connectivity index (χ1v) is 7.71. The average molecular weight is 321 g/mol. The van der Waals surface area contributed by atoms with E-state index in [0.29, 0.717) is 5.69 Å². The van der Waals surface area contributed by atoms with Gasteiger partial charge in [-0.25, -0.2) is 4.79 Å². The van der Waals surface area contributed by atoms with Crippen LogP contribution in [0.25, 0.3) is 0 Å². The lowest BCUT2D eigenvalue weighted by atomic mass is 10.0. The fourth-order valence-electron chi connectivity index (χ4n) is 2.19. The SMILES string of the molecule is CNCCNc1c(C)cccc1NC(=O)N[C@H](C(N)=O)C(C)C. The highest BCUT2D eigenvalue weighted by atomic mass is 16.2. The first-order chi connectivity index (χ1) is 10.9. The first kappa shape index (κ1) is 18.8. The van der Waals surface area contributed by atoms with E-state index in [4.69, 9.17) is 5.73 Å². The molecule has 1 rings (SSSR count). The maximum Gasteiger partial charge on any atom is 0.319 e. The zero-order valence-electron chi connectivity index (χ0n) is 14.2. The minimum absolute atomic E-state index is 0.0796. The number of anilines is 2. The molecule has 0 fully saturated rings. The predicted octanol–water partition coefficient (Wildman–Crippen LogP) is 1.26. The van der Waals surface area contributed by atoms with E-state index in [-0.39, 0.29) is 5.92 Å². The third-order valence-corrected chi connectivity index (χ3v) is 3.46. The van der Waals surface area contributed by atoms with Gasteiger partial charge in [0.1, 0.15) is 6.04 Å². The molecule has 0 spiro atoms. The van der Waals surface area contributed by atoms with Crippen LogP contribution in [0.1, 0.15) is 19.4 Å². The molecule has 0 aliphatic carbocycles. The number of nitrogens with one attached hydrogen (secondary N) is 4. The van der Waals surface area contributed by atoms with Crippen molar-refractivity contribution in [1.29, 1.82) is 0 Å². The molecule has 0 aliphatic rings. The average Bonchev–Trinajstić information content (AvgIpc) is 2.47. The van der Waals surface area contributed by atoms with Crippen molar-refractivity contribution in [2.24, 2.45) is 11.7 Å². The number of primary amides is 1. The molecule has 0 heterocycles. The van der Waals surface area contributed by atoms with Crippen molar-refractivity contribution in [3.63, 3.8) is 0 Å². The number of amides is 3. The lowest BCUT2D eigenvalue weighted by molar-refractivity contribution is -0.120. The Morgan fingerprint density at radius 2 is 1.91 bits per heavy atom. The Balaban J connectivity index is 2.81. The van der Waals surface area contributed by atoms with E-state index in [1.807, 2.05) is 46.0 Å². The molecule has 6 N–H and O–H groups in total. The van der Waals surface area contributed by atoms with E-state index in [9.17, 15) is 9.59 Å². The highest BCUT2D eigenvalue weighted by molar-refractivity contribution is 5.96. The summed E-state index contributed by atoms with van der Waals surface area (Å²) in [4.78, 5) is 23.5. The van der Waals surface area contributed by atoms with Crippen molar-refractivity contribution < 1.29 is 9.59 Å². The lowest BCUT2D eigenvalue weighted by Gasteiger charge is -2.20. The van der Waals surface area contributed by atoms with Crippen LogP contribution in [0, 0.1) is 12.8 Å². The van der Waals surface area contributed by atoms with Crippen molar-refractivity contribution in [2.45, 2.75) is 26.8 Å². The fourth-order valence-corrected chi connectivity index (χ4v) is 2.19. The zero-order chi connectivity index (χ0) is 17.4. The second-order valence-electron chi connectivity index (χ2n) is 5.75. The Hall–Kier alpha value is -2.28. The Kier molecular flexibility index (Phi) is 7.34. The van der Waals surface area contributed by atoms with Gasteiger partial charge in [-0.15, -0.1) is 0 Å². The molecule has 0 bridgehead atoms. The minimum atomic E-state index is -0.708. The topological polar surface area (TPSA) is 108 Å². The van der Waals surface area contributed by atoms with Crippen LogP contribution in [0.15, 0.2) is 18.2 Å². The van der Waals surface area contributed by atoms with Gasteiger partial charge >= 0.3 is 6.03 Å². The highest BCUT2D eigenvalue weighted by Crippen LogP contribution is 2.25. The second-order valence-corrected chi connectivity index (χ2v) is 5.75. The van der Waals surface area contributed by atoms with Gasteiger partial charge in [0, 0.05) is 13.1 Å². The van der Waals surface area contributed by atoms with Crippen LogP contribution in [0.2, 0.25) is 0 Å². The van der Waals surface area contributed by atoms with Crippen LogP contribution < -0.4 is 27.0 Å². The van der Waals surface area contributed by atoms with E-state index in [1.165, 1.54) is 0 Å². The Morgan fingerprint density at radius 3 is 2.48 bits per heavy atom. The van der Waals surface area contributed by atoms with E-state index >= 15 is 0 Å². The number of urea groups is 1. The lowest BCUT2D eigenvalue weighted by Crippen LogP contribution is -2.49. The normalized spacial score (nSPS) is 11.9. The molecule has 1 aromatic rings. The Bertz CT molecular complexity index is 545. The third kappa shape index (κ3) is 5.78. The van der Waals surface area contributed by atoms with Gasteiger partial charge in [-0.2, -0.15) is 0 Å². The van der Waals surface area contributed by atoms with Gasteiger partial charge in [0.15, 0.2) is 0 Å². The summed E-state index contributed by atoms with van der Waals surface area (Å²) in [6, 6.07) is 4.47. The molecule has 0 saturated heterocycles. The smallest absolute Gasteiger partial charge is 0.319 e. The van der Waals surface area contributed by atoms with E-state index in [1.54, 1.807) is 0 Å². The number of likely N-dealkylation sites (N-methyl/N-ethyl adjacent to an activating group) is 1. The molecule has 0 aliphatic heterocycles. The molecule has 7 nitrogen and oxygen atoms in total. The summed E-state index contributed by atoms with van der Waals surface area (Å²) in [5, 5.41) is 11.7. The fraction of sp³-hybridized carbons (Fsp3) is 0.500. The van der Waals surface area contributed by atoms with Crippen molar-refractivity contribution in [2.75, 3.05) is 30.8 Å². The summed E-state index contributed by atoms with van der Waals surface area (Å²) in [5.74, 6) is -0.629. The number of para-hydroxylation sites is 1. The van der Waals surface area contributed by atoms with Crippen molar-refractivity contribution >= 4 is 23.3 Å². The van der Waals surface area contributed by atoms with Gasteiger partial charge in [0.05, 0.1) is 11.4 Å². The van der Waals surface area contributed by atoms with Crippen LogP contribution in [0.4, 0.5) is 16.2 Å². The minimum Gasteiger partial charge on any atom is -0.382 e. The summed E-state index contributed by atoms with van der Waals surface area (Å²) in [6.45, 7) is 7.15. The molecule has 23 heavy (non-hydrogen) atoms. The largest absolute Gasteiger partial charge is 0.382 e. The summed E-state index contributed by atoms with van der Waals surface area (Å²) >= 11 is 0. The molecule has 7 heteroatoms. The van der Waals surface area contributed by atoms with Crippen LogP contribution in [0.5, 0.6) is 0 Å². The zero-order valence-corrected chi connectivity index (χ0v) is 14.2. The molecule has 3 amide bonds. The molecular formula is C16H27N5O2. The summed E-state index contributed by atoms with van der Waals surface area (Å²) in [6.07, 6.45) is 0. The van der Waals surface area contributed by atoms with Gasteiger partial charge in [-0.05, 0) is 31.5 Å². The van der Waals surface area contributed by atoms with Crippen LogP contribution >= 0.6 is 0 Å². The number of carbonyl (C=O) groups is 2. The number of carbonyl (C=O) groups excluding carboxylic acids is 2. The Labute approximate surface area is 137 Å². The number of nitrogens with two attached hydrogens (primary N) is 1. The van der Waals surface area contributed by atoms with Gasteiger partial charge < -0.3 is 27.0 Å². The molecule has 0 aromatic heterocycles. The molecule has 0 unspecified atom stereocenters. The molecular weight excluding hydrogens is 294 g/mol. The third-order valence-electron chi connectivity index (χ3n) is 3.46. The summed E-state index contributed by atoms with van der Waals surface area (Å²) < 4.78 is 0. The first-order valence-electron chi connectivity index (χ1n) is 7.71. The van der Waals surface area contributed by atoms with E-state index in [2.05, 4.69) is 21.3 Å². The maximum absolute atomic E-state index is 12.2. The molecule has 0 saturated carbocycles. The number of aryl methyl sites for hydroxylation is 1. The standard InChI is InChI=1S/C16H27N5O2/c1-10(2)13(15(17)22)21-16(23)20-12-7-5-6-11(3)14(12)19-9-8-18-4/h5-7,10,13,18-19H,8-9H2,1-4H3,(H2,17,22)(H2,20,21,23)/t13-/m0/s1. The molecule has 128 valence electrons. The summed E-state index contributed by atoms with van der Waals surface area (Å²) in [7, 11) is 1.88. The number of hydrogen-bond donors (Lipinski definition) is 5.